The standard InChI is InChI=1S/C21H24N2O3S/c24-20(22-13-5-15-27-19-6-2-1-3-7-19)16-26-18-11-9-17(10-12-18)23-14-4-8-21(23)25/h1-3,6-7,9-12H,4-5,8,13-16H2,(H,22,24). The van der Waals surface area contributed by atoms with Gasteiger partial charge in [0.2, 0.25) is 5.91 Å². The van der Waals surface area contributed by atoms with Gasteiger partial charge in [-0.25, -0.2) is 0 Å². The van der Waals surface area contributed by atoms with Crippen LogP contribution in [0.2, 0.25) is 0 Å². The number of hydrogen-bond donors (Lipinski definition) is 1. The molecule has 2 aromatic carbocycles. The molecule has 3 rings (SSSR count). The van der Waals surface area contributed by atoms with Gasteiger partial charge in [-0.2, -0.15) is 0 Å². The van der Waals surface area contributed by atoms with E-state index in [2.05, 4.69) is 17.4 Å². The van der Waals surface area contributed by atoms with E-state index >= 15 is 0 Å². The topological polar surface area (TPSA) is 58.6 Å². The van der Waals surface area contributed by atoms with Gasteiger partial charge in [0.1, 0.15) is 5.75 Å². The number of carbonyl (C=O) groups excluding carboxylic acids is 2. The molecule has 0 saturated carbocycles. The van der Waals surface area contributed by atoms with Crippen molar-refractivity contribution in [1.29, 1.82) is 0 Å². The van der Waals surface area contributed by atoms with Crippen molar-refractivity contribution in [3.8, 4) is 5.75 Å². The van der Waals surface area contributed by atoms with Crippen molar-refractivity contribution in [2.24, 2.45) is 0 Å². The van der Waals surface area contributed by atoms with Gasteiger partial charge in [0.05, 0.1) is 0 Å². The van der Waals surface area contributed by atoms with Crippen molar-refractivity contribution in [3.63, 3.8) is 0 Å². The lowest BCUT2D eigenvalue weighted by atomic mass is 10.3. The van der Waals surface area contributed by atoms with Crippen molar-refractivity contribution in [1.82, 2.24) is 5.32 Å². The number of amides is 2. The van der Waals surface area contributed by atoms with E-state index in [0.29, 0.717) is 18.7 Å². The Morgan fingerprint density at radius 2 is 1.89 bits per heavy atom. The summed E-state index contributed by atoms with van der Waals surface area (Å²) < 4.78 is 5.52. The van der Waals surface area contributed by atoms with Crippen molar-refractivity contribution in [3.05, 3.63) is 54.6 Å². The first-order chi connectivity index (χ1) is 13.2. The zero-order valence-electron chi connectivity index (χ0n) is 15.2. The average Bonchev–Trinajstić information content (AvgIpc) is 3.13. The summed E-state index contributed by atoms with van der Waals surface area (Å²) in [5.41, 5.74) is 0.880. The lowest BCUT2D eigenvalue weighted by molar-refractivity contribution is -0.123. The minimum atomic E-state index is -0.126. The van der Waals surface area contributed by atoms with Gasteiger partial charge >= 0.3 is 0 Å². The highest BCUT2D eigenvalue weighted by molar-refractivity contribution is 7.99. The Morgan fingerprint density at radius 1 is 1.11 bits per heavy atom. The molecule has 2 amide bonds. The molecule has 0 bridgehead atoms. The van der Waals surface area contributed by atoms with Crippen LogP contribution in [0.5, 0.6) is 5.75 Å². The van der Waals surface area contributed by atoms with Crippen LogP contribution in [-0.4, -0.2) is 37.3 Å². The van der Waals surface area contributed by atoms with Gasteiger partial charge < -0.3 is 15.0 Å². The molecule has 1 N–H and O–H groups in total. The van der Waals surface area contributed by atoms with Crippen molar-refractivity contribution >= 4 is 29.3 Å². The van der Waals surface area contributed by atoms with Gasteiger partial charge in [0.15, 0.2) is 6.61 Å². The fourth-order valence-electron chi connectivity index (χ4n) is 2.85. The lowest BCUT2D eigenvalue weighted by Gasteiger charge is -2.16. The SMILES string of the molecule is O=C(COc1ccc(N2CCCC2=O)cc1)NCCCSc1ccccc1. The molecule has 0 spiro atoms. The summed E-state index contributed by atoms with van der Waals surface area (Å²) in [4.78, 5) is 26.6. The molecule has 0 radical (unpaired) electrons. The highest BCUT2D eigenvalue weighted by Gasteiger charge is 2.21. The highest BCUT2D eigenvalue weighted by Crippen LogP contribution is 2.23. The maximum Gasteiger partial charge on any atom is 0.257 e. The molecule has 1 heterocycles. The largest absolute Gasteiger partial charge is 0.484 e. The first kappa shape index (κ1) is 19.3. The molecular weight excluding hydrogens is 360 g/mol. The van der Waals surface area contributed by atoms with E-state index in [0.717, 1.165) is 30.8 Å². The van der Waals surface area contributed by atoms with E-state index in [1.807, 2.05) is 30.3 Å². The van der Waals surface area contributed by atoms with E-state index < -0.39 is 0 Å². The smallest absolute Gasteiger partial charge is 0.257 e. The first-order valence-electron chi connectivity index (χ1n) is 9.20. The molecule has 1 saturated heterocycles. The average molecular weight is 385 g/mol. The summed E-state index contributed by atoms with van der Waals surface area (Å²) in [5, 5.41) is 2.87. The van der Waals surface area contributed by atoms with E-state index in [-0.39, 0.29) is 18.4 Å². The second-order valence-corrected chi connectivity index (χ2v) is 7.46. The Bertz CT molecular complexity index is 750. The zero-order valence-corrected chi connectivity index (χ0v) is 16.0. The molecule has 6 heteroatoms. The van der Waals surface area contributed by atoms with Gasteiger partial charge in [-0.05, 0) is 55.0 Å². The van der Waals surface area contributed by atoms with Gasteiger partial charge in [-0.15, -0.1) is 11.8 Å². The van der Waals surface area contributed by atoms with E-state index in [1.165, 1.54) is 4.90 Å². The van der Waals surface area contributed by atoms with Gasteiger partial charge in [-0.1, -0.05) is 18.2 Å². The van der Waals surface area contributed by atoms with Crippen molar-refractivity contribution in [2.75, 3.05) is 30.3 Å². The van der Waals surface area contributed by atoms with Gasteiger partial charge in [-0.3, -0.25) is 9.59 Å². The number of benzene rings is 2. The number of anilines is 1. The van der Waals surface area contributed by atoms with Crippen molar-refractivity contribution in [2.45, 2.75) is 24.2 Å². The van der Waals surface area contributed by atoms with E-state index in [9.17, 15) is 9.59 Å². The molecule has 27 heavy (non-hydrogen) atoms. The molecule has 1 fully saturated rings. The van der Waals surface area contributed by atoms with Crippen LogP contribution in [0, 0.1) is 0 Å². The third kappa shape index (κ3) is 6.03. The number of carbonyl (C=O) groups is 2. The quantitative estimate of drug-likeness (QED) is 0.531. The number of ether oxygens (including phenoxy) is 1. The van der Waals surface area contributed by atoms with Gasteiger partial charge in [0, 0.05) is 30.1 Å². The molecular formula is C21H24N2O3S. The first-order valence-corrected chi connectivity index (χ1v) is 10.2. The molecule has 0 aromatic heterocycles. The van der Waals surface area contributed by atoms with E-state index in [4.69, 9.17) is 4.74 Å². The summed E-state index contributed by atoms with van der Waals surface area (Å²) in [7, 11) is 0. The van der Waals surface area contributed by atoms with Crippen LogP contribution in [0.1, 0.15) is 19.3 Å². The molecule has 142 valence electrons. The summed E-state index contributed by atoms with van der Waals surface area (Å²) >= 11 is 1.78. The number of thioether (sulfide) groups is 1. The van der Waals surface area contributed by atoms with Crippen molar-refractivity contribution < 1.29 is 14.3 Å². The molecule has 1 aliphatic heterocycles. The summed E-state index contributed by atoms with van der Waals surface area (Å²) in [6.07, 6.45) is 2.42. The molecule has 0 unspecified atom stereocenters. The summed E-state index contributed by atoms with van der Waals surface area (Å²) in [5.74, 6) is 1.62. The Balaban J connectivity index is 1.31. The van der Waals surface area contributed by atoms with Crippen LogP contribution >= 0.6 is 11.8 Å². The highest BCUT2D eigenvalue weighted by atomic mass is 32.2. The monoisotopic (exact) mass is 384 g/mol. The molecule has 0 atom stereocenters. The number of nitrogens with zero attached hydrogens (tertiary/aromatic N) is 1. The van der Waals surface area contributed by atoms with E-state index in [1.54, 1.807) is 28.8 Å². The Labute approximate surface area is 164 Å². The van der Waals surface area contributed by atoms with Crippen LogP contribution in [-0.2, 0) is 9.59 Å². The fraction of sp³-hybridized carbons (Fsp3) is 0.333. The number of rotatable bonds is 9. The minimum Gasteiger partial charge on any atom is -0.484 e. The molecule has 5 nitrogen and oxygen atoms in total. The maximum absolute atomic E-state index is 11.9. The van der Waals surface area contributed by atoms with Crippen LogP contribution in [0.4, 0.5) is 5.69 Å². The van der Waals surface area contributed by atoms with Gasteiger partial charge in [0.25, 0.3) is 5.91 Å². The molecule has 2 aromatic rings. The van der Waals surface area contributed by atoms with Crippen LogP contribution < -0.4 is 15.0 Å². The van der Waals surface area contributed by atoms with Crippen LogP contribution in [0.15, 0.2) is 59.5 Å². The maximum atomic E-state index is 11.9. The third-order valence-corrected chi connectivity index (χ3v) is 5.35. The molecule has 1 aliphatic rings. The second kappa shape index (κ2) is 10.0. The Hall–Kier alpha value is -2.47. The Morgan fingerprint density at radius 3 is 2.59 bits per heavy atom. The second-order valence-electron chi connectivity index (χ2n) is 6.30. The molecule has 0 aliphatic carbocycles. The third-order valence-electron chi connectivity index (χ3n) is 4.25. The summed E-state index contributed by atoms with van der Waals surface area (Å²) in [6.45, 7) is 1.40. The number of nitrogens with one attached hydrogen (secondary N) is 1. The van der Waals surface area contributed by atoms with Crippen LogP contribution in [0.3, 0.4) is 0 Å². The van der Waals surface area contributed by atoms with Crippen LogP contribution in [0.25, 0.3) is 0 Å². The predicted molar refractivity (Wildman–Crippen MR) is 108 cm³/mol. The predicted octanol–water partition coefficient (Wildman–Crippen LogP) is 3.49. The Kier molecular flexibility index (Phi) is 7.16. The lowest BCUT2D eigenvalue weighted by Crippen LogP contribution is -2.30. The number of hydrogen-bond acceptors (Lipinski definition) is 4. The minimum absolute atomic E-state index is 0.00613. The summed E-state index contributed by atoms with van der Waals surface area (Å²) in [6, 6.07) is 17.5. The fourth-order valence-corrected chi connectivity index (χ4v) is 3.72. The normalized spacial score (nSPS) is 13.6. The zero-order chi connectivity index (χ0) is 18.9.